The highest BCUT2D eigenvalue weighted by Gasteiger charge is 2.21. The van der Waals surface area contributed by atoms with Gasteiger partial charge in [0.05, 0.1) is 6.54 Å². The lowest BCUT2D eigenvalue weighted by atomic mass is 10.0. The van der Waals surface area contributed by atoms with Gasteiger partial charge in [0.25, 0.3) is 0 Å². The molecule has 0 aromatic heterocycles. The van der Waals surface area contributed by atoms with Crippen LogP contribution in [0.3, 0.4) is 0 Å². The molecule has 0 aliphatic carbocycles. The van der Waals surface area contributed by atoms with Gasteiger partial charge in [0.15, 0.2) is 0 Å². The number of nitrogens with one attached hydrogen (secondary N) is 2. The van der Waals surface area contributed by atoms with Gasteiger partial charge in [-0.2, -0.15) is 0 Å². The number of carbonyl (C=O) groups is 3. The molecule has 0 aliphatic rings. The third-order valence-electron chi connectivity index (χ3n) is 3.42. The molecule has 0 saturated carbocycles. The Labute approximate surface area is 144 Å². The second-order valence-electron chi connectivity index (χ2n) is 6.10. The number of aliphatic carboxylic acids is 1. The first-order valence-electron chi connectivity index (χ1n) is 7.91. The summed E-state index contributed by atoms with van der Waals surface area (Å²) in [6, 6.07) is 1.96. The number of carbonyl (C=O) groups excluding carboxylic acids is 2. The van der Waals surface area contributed by atoms with Gasteiger partial charge in [-0.1, -0.05) is 13.8 Å². The monoisotopic (exact) mass is 356 g/mol. The van der Waals surface area contributed by atoms with Crippen LogP contribution in [0.5, 0.6) is 0 Å². The van der Waals surface area contributed by atoms with Crippen molar-refractivity contribution >= 4 is 17.8 Å². The Kier molecular flexibility index (Phi) is 7.97. The smallest absolute Gasteiger partial charge is 0.326 e. The molecule has 1 aromatic carbocycles. The van der Waals surface area contributed by atoms with E-state index < -0.39 is 35.5 Å². The van der Waals surface area contributed by atoms with Crippen LogP contribution in [0, 0.1) is 17.6 Å². The lowest BCUT2D eigenvalue weighted by Gasteiger charge is -2.16. The molecule has 6 nitrogen and oxygen atoms in total. The zero-order valence-electron chi connectivity index (χ0n) is 14.1. The fourth-order valence-corrected chi connectivity index (χ4v) is 2.19. The number of aryl methyl sites for hydroxylation is 1. The SMILES string of the molecule is CC(C)C[C@H](NC(=O)CNC(=O)CCc1cc(F)ccc1F)C(=O)O. The molecule has 0 radical (unpaired) electrons. The van der Waals surface area contributed by atoms with E-state index in [1.54, 1.807) is 0 Å². The van der Waals surface area contributed by atoms with Crippen molar-refractivity contribution < 1.29 is 28.3 Å². The summed E-state index contributed by atoms with van der Waals surface area (Å²) >= 11 is 0. The predicted octanol–water partition coefficient (Wildman–Crippen LogP) is 1.63. The summed E-state index contributed by atoms with van der Waals surface area (Å²) < 4.78 is 26.5. The Morgan fingerprint density at radius 1 is 1.16 bits per heavy atom. The third kappa shape index (κ3) is 7.73. The maximum Gasteiger partial charge on any atom is 0.326 e. The second kappa shape index (κ2) is 9.71. The highest BCUT2D eigenvalue weighted by molar-refractivity contribution is 5.87. The van der Waals surface area contributed by atoms with Crippen LogP contribution in [0.2, 0.25) is 0 Å². The van der Waals surface area contributed by atoms with E-state index >= 15 is 0 Å². The minimum Gasteiger partial charge on any atom is -0.480 e. The Bertz CT molecular complexity index is 635. The third-order valence-corrected chi connectivity index (χ3v) is 3.42. The van der Waals surface area contributed by atoms with Gasteiger partial charge in [-0.15, -0.1) is 0 Å². The van der Waals surface area contributed by atoms with Crippen molar-refractivity contribution in [2.45, 2.75) is 39.2 Å². The molecule has 1 aromatic rings. The van der Waals surface area contributed by atoms with Crippen molar-refractivity contribution in [1.82, 2.24) is 10.6 Å². The Morgan fingerprint density at radius 3 is 2.44 bits per heavy atom. The van der Waals surface area contributed by atoms with Gasteiger partial charge < -0.3 is 15.7 Å². The zero-order valence-corrected chi connectivity index (χ0v) is 14.1. The van der Waals surface area contributed by atoms with E-state index in [4.69, 9.17) is 5.11 Å². The maximum absolute atomic E-state index is 13.4. The molecular weight excluding hydrogens is 334 g/mol. The van der Waals surface area contributed by atoms with E-state index in [2.05, 4.69) is 10.6 Å². The fraction of sp³-hybridized carbons (Fsp3) is 0.471. The van der Waals surface area contributed by atoms with Gasteiger partial charge in [0, 0.05) is 6.42 Å². The minimum atomic E-state index is -1.14. The number of rotatable bonds is 9. The maximum atomic E-state index is 13.4. The lowest BCUT2D eigenvalue weighted by Crippen LogP contribution is -2.46. The first-order valence-corrected chi connectivity index (χ1v) is 7.91. The summed E-state index contributed by atoms with van der Waals surface area (Å²) in [5, 5.41) is 13.7. The van der Waals surface area contributed by atoms with Gasteiger partial charge in [-0.25, -0.2) is 13.6 Å². The highest BCUT2D eigenvalue weighted by atomic mass is 19.1. The van der Waals surface area contributed by atoms with E-state index in [9.17, 15) is 23.2 Å². The quantitative estimate of drug-likeness (QED) is 0.627. The number of benzene rings is 1. The van der Waals surface area contributed by atoms with Crippen LogP contribution in [0.1, 0.15) is 32.3 Å². The lowest BCUT2D eigenvalue weighted by molar-refractivity contribution is -0.142. The Morgan fingerprint density at radius 2 is 1.84 bits per heavy atom. The van der Waals surface area contributed by atoms with E-state index in [0.717, 1.165) is 18.2 Å². The van der Waals surface area contributed by atoms with Crippen molar-refractivity contribution in [2.75, 3.05) is 6.54 Å². The summed E-state index contributed by atoms with van der Waals surface area (Å²) in [4.78, 5) is 34.5. The second-order valence-corrected chi connectivity index (χ2v) is 6.10. The number of carboxylic acid groups (broad SMARTS) is 1. The molecule has 0 aliphatic heterocycles. The van der Waals surface area contributed by atoms with Crippen LogP contribution >= 0.6 is 0 Å². The molecule has 0 unspecified atom stereocenters. The number of amides is 2. The van der Waals surface area contributed by atoms with E-state index in [-0.39, 0.29) is 37.3 Å². The van der Waals surface area contributed by atoms with Crippen molar-refractivity contribution in [3.05, 3.63) is 35.4 Å². The first kappa shape index (κ1) is 20.5. The normalized spacial score (nSPS) is 11.9. The zero-order chi connectivity index (χ0) is 19.0. The molecule has 3 N–H and O–H groups in total. The van der Waals surface area contributed by atoms with E-state index in [1.165, 1.54) is 0 Å². The topological polar surface area (TPSA) is 95.5 Å². The van der Waals surface area contributed by atoms with Gasteiger partial charge in [0.2, 0.25) is 11.8 Å². The van der Waals surface area contributed by atoms with E-state index in [0.29, 0.717) is 0 Å². The molecule has 0 saturated heterocycles. The summed E-state index contributed by atoms with van der Waals surface area (Å²) in [6.45, 7) is 3.27. The molecule has 138 valence electrons. The predicted molar refractivity (Wildman–Crippen MR) is 86.7 cm³/mol. The fourth-order valence-electron chi connectivity index (χ4n) is 2.19. The van der Waals surface area contributed by atoms with E-state index in [1.807, 2.05) is 13.8 Å². The number of hydrogen-bond donors (Lipinski definition) is 3. The molecule has 1 atom stereocenters. The Hall–Kier alpha value is -2.51. The van der Waals surface area contributed by atoms with Gasteiger partial charge in [-0.3, -0.25) is 9.59 Å². The van der Waals surface area contributed by atoms with Crippen LogP contribution < -0.4 is 10.6 Å². The van der Waals surface area contributed by atoms with Crippen molar-refractivity contribution in [3.63, 3.8) is 0 Å². The van der Waals surface area contributed by atoms with Crippen molar-refractivity contribution in [3.8, 4) is 0 Å². The summed E-state index contributed by atoms with van der Waals surface area (Å²) in [6.07, 6.45) is 0.137. The molecule has 0 fully saturated rings. The highest BCUT2D eigenvalue weighted by Crippen LogP contribution is 2.11. The van der Waals surface area contributed by atoms with Gasteiger partial charge >= 0.3 is 5.97 Å². The first-order chi connectivity index (χ1) is 11.7. The molecular formula is C17H22F2N2O4. The molecule has 0 bridgehead atoms. The van der Waals surface area contributed by atoms with Crippen molar-refractivity contribution in [2.24, 2.45) is 5.92 Å². The standard InChI is InChI=1S/C17H22F2N2O4/c1-10(2)7-14(17(24)25)21-16(23)9-20-15(22)6-3-11-8-12(18)4-5-13(11)19/h4-5,8,10,14H,3,6-7,9H2,1-2H3,(H,20,22)(H,21,23)(H,24,25)/t14-/m0/s1. The van der Waals surface area contributed by atoms with Crippen LogP contribution in [-0.4, -0.2) is 35.5 Å². The molecule has 2 amide bonds. The molecule has 0 spiro atoms. The molecule has 25 heavy (non-hydrogen) atoms. The van der Waals surface area contributed by atoms with Crippen LogP contribution in [0.15, 0.2) is 18.2 Å². The van der Waals surface area contributed by atoms with Gasteiger partial charge in [0.1, 0.15) is 17.7 Å². The van der Waals surface area contributed by atoms with Crippen LogP contribution in [0.25, 0.3) is 0 Å². The molecule has 0 heterocycles. The minimum absolute atomic E-state index is 0.0118. The van der Waals surface area contributed by atoms with Crippen molar-refractivity contribution in [1.29, 1.82) is 0 Å². The Balaban J connectivity index is 2.41. The summed E-state index contributed by atoms with van der Waals surface area (Å²) in [5.41, 5.74) is 0.0717. The number of carboxylic acids is 1. The van der Waals surface area contributed by atoms with Crippen LogP contribution in [0.4, 0.5) is 8.78 Å². The average molecular weight is 356 g/mol. The molecule has 1 rings (SSSR count). The number of hydrogen-bond acceptors (Lipinski definition) is 3. The molecule has 8 heteroatoms. The average Bonchev–Trinajstić information content (AvgIpc) is 2.52. The summed E-state index contributed by atoms with van der Waals surface area (Å²) in [7, 11) is 0. The largest absolute Gasteiger partial charge is 0.480 e. The summed E-state index contributed by atoms with van der Waals surface area (Å²) in [5.74, 6) is -3.41. The van der Waals surface area contributed by atoms with Gasteiger partial charge in [-0.05, 0) is 42.5 Å². The van der Waals surface area contributed by atoms with Crippen LogP contribution in [-0.2, 0) is 20.8 Å². The number of halogens is 2.